The first-order valence-electron chi connectivity index (χ1n) is 6.96. The maximum Gasteiger partial charge on any atom is 0.340 e. The van der Waals surface area contributed by atoms with E-state index in [1.807, 2.05) is 41.9 Å². The molecule has 0 saturated carbocycles. The van der Waals surface area contributed by atoms with E-state index in [4.69, 9.17) is 4.74 Å². The summed E-state index contributed by atoms with van der Waals surface area (Å²) in [5.41, 5.74) is 3.61. The molecule has 21 heavy (non-hydrogen) atoms. The van der Waals surface area contributed by atoms with Crippen molar-refractivity contribution >= 4 is 33.3 Å². The molecule has 3 heterocycles. The van der Waals surface area contributed by atoms with Crippen molar-refractivity contribution in [3.63, 3.8) is 0 Å². The molecule has 0 radical (unpaired) electrons. The van der Waals surface area contributed by atoms with Crippen LogP contribution in [0.4, 0.5) is 0 Å². The van der Waals surface area contributed by atoms with E-state index >= 15 is 0 Å². The molecule has 0 spiro atoms. The number of pyridine rings is 1. The highest BCUT2D eigenvalue weighted by Gasteiger charge is 2.14. The number of ether oxygens (including phenoxy) is 1. The van der Waals surface area contributed by atoms with Crippen molar-refractivity contribution in [1.82, 2.24) is 9.38 Å². The van der Waals surface area contributed by atoms with Crippen LogP contribution in [0.3, 0.4) is 0 Å². The zero-order valence-electron chi connectivity index (χ0n) is 11.6. The smallest absolute Gasteiger partial charge is 0.340 e. The molecular formula is C17H14N2O2. The van der Waals surface area contributed by atoms with Gasteiger partial charge < -0.3 is 14.1 Å². The van der Waals surface area contributed by atoms with Crippen LogP contribution in [0.2, 0.25) is 0 Å². The van der Waals surface area contributed by atoms with E-state index in [0.29, 0.717) is 12.2 Å². The van der Waals surface area contributed by atoms with Gasteiger partial charge in [0.1, 0.15) is 0 Å². The van der Waals surface area contributed by atoms with Crippen LogP contribution in [0.5, 0.6) is 0 Å². The molecule has 4 rings (SSSR count). The number of aromatic nitrogens is 2. The highest BCUT2D eigenvalue weighted by molar-refractivity contribution is 6.09. The van der Waals surface area contributed by atoms with Gasteiger partial charge in [-0.1, -0.05) is 18.2 Å². The lowest BCUT2D eigenvalue weighted by atomic mass is 10.1. The molecule has 1 aromatic carbocycles. The summed E-state index contributed by atoms with van der Waals surface area (Å²) in [5, 5.41) is 2.27. The van der Waals surface area contributed by atoms with Gasteiger partial charge in [0.2, 0.25) is 0 Å². The van der Waals surface area contributed by atoms with Gasteiger partial charge in [-0.2, -0.15) is 0 Å². The first-order chi connectivity index (χ1) is 10.3. The summed E-state index contributed by atoms with van der Waals surface area (Å²) in [6, 6.07) is 12.0. The van der Waals surface area contributed by atoms with E-state index in [2.05, 4.69) is 17.1 Å². The molecule has 0 bridgehead atoms. The SMILES string of the molecule is CCOC(=O)c1ccn2cc3[nH]c4ccccc4c3cc12. The molecule has 0 fully saturated rings. The summed E-state index contributed by atoms with van der Waals surface area (Å²) in [5.74, 6) is -0.279. The molecular weight excluding hydrogens is 264 g/mol. The van der Waals surface area contributed by atoms with Gasteiger partial charge in [-0.15, -0.1) is 0 Å². The minimum atomic E-state index is -0.279. The Kier molecular flexibility index (Phi) is 2.51. The lowest BCUT2D eigenvalue weighted by Crippen LogP contribution is -2.03. The third-order valence-corrected chi connectivity index (χ3v) is 3.78. The Morgan fingerprint density at radius 2 is 2.05 bits per heavy atom. The van der Waals surface area contributed by atoms with Crippen molar-refractivity contribution in [2.75, 3.05) is 6.61 Å². The van der Waals surface area contributed by atoms with Crippen molar-refractivity contribution in [1.29, 1.82) is 0 Å². The highest BCUT2D eigenvalue weighted by atomic mass is 16.5. The molecule has 0 aliphatic heterocycles. The number of para-hydroxylation sites is 1. The molecule has 3 aromatic heterocycles. The monoisotopic (exact) mass is 278 g/mol. The van der Waals surface area contributed by atoms with Crippen LogP contribution in [-0.4, -0.2) is 22.0 Å². The lowest BCUT2D eigenvalue weighted by molar-refractivity contribution is 0.0529. The van der Waals surface area contributed by atoms with Crippen molar-refractivity contribution in [3.05, 3.63) is 54.4 Å². The minimum Gasteiger partial charge on any atom is -0.462 e. The highest BCUT2D eigenvalue weighted by Crippen LogP contribution is 2.28. The number of hydrogen-bond acceptors (Lipinski definition) is 2. The first kappa shape index (κ1) is 12.0. The Morgan fingerprint density at radius 1 is 1.19 bits per heavy atom. The van der Waals surface area contributed by atoms with Crippen molar-refractivity contribution < 1.29 is 9.53 Å². The maximum absolute atomic E-state index is 12.0. The van der Waals surface area contributed by atoms with Crippen molar-refractivity contribution in [2.24, 2.45) is 0 Å². The van der Waals surface area contributed by atoms with E-state index in [-0.39, 0.29) is 5.97 Å². The maximum atomic E-state index is 12.0. The van der Waals surface area contributed by atoms with E-state index in [9.17, 15) is 4.79 Å². The molecule has 0 aliphatic carbocycles. The third kappa shape index (κ3) is 1.72. The van der Waals surface area contributed by atoms with Gasteiger partial charge in [-0.05, 0) is 25.1 Å². The second kappa shape index (κ2) is 4.38. The van der Waals surface area contributed by atoms with E-state index in [0.717, 1.165) is 27.3 Å². The van der Waals surface area contributed by atoms with Crippen LogP contribution < -0.4 is 0 Å². The Hall–Kier alpha value is -2.75. The van der Waals surface area contributed by atoms with Gasteiger partial charge in [0.05, 0.1) is 23.2 Å². The second-order valence-corrected chi connectivity index (χ2v) is 5.01. The number of H-pyrrole nitrogens is 1. The van der Waals surface area contributed by atoms with Gasteiger partial charge in [0, 0.05) is 28.7 Å². The van der Waals surface area contributed by atoms with Crippen LogP contribution in [0.25, 0.3) is 27.3 Å². The fourth-order valence-corrected chi connectivity index (χ4v) is 2.82. The third-order valence-electron chi connectivity index (χ3n) is 3.78. The standard InChI is InChI=1S/C17H14N2O2/c1-2-21-17(20)12-7-8-19-10-15-13(9-16(12)19)11-5-3-4-6-14(11)18-15/h3-10,18H,2H2,1H3. The average molecular weight is 278 g/mol. The summed E-state index contributed by atoms with van der Waals surface area (Å²) >= 11 is 0. The number of carbonyl (C=O) groups is 1. The minimum absolute atomic E-state index is 0.279. The summed E-state index contributed by atoms with van der Waals surface area (Å²) in [6.45, 7) is 2.19. The van der Waals surface area contributed by atoms with Crippen LogP contribution in [0, 0.1) is 0 Å². The number of nitrogens with zero attached hydrogens (tertiary/aromatic N) is 1. The number of esters is 1. The summed E-state index contributed by atoms with van der Waals surface area (Å²) in [4.78, 5) is 15.4. The number of fused-ring (bicyclic) bond motifs is 4. The van der Waals surface area contributed by atoms with Gasteiger partial charge in [-0.25, -0.2) is 4.79 Å². The zero-order valence-corrected chi connectivity index (χ0v) is 11.6. The van der Waals surface area contributed by atoms with Gasteiger partial charge >= 0.3 is 5.97 Å². The summed E-state index contributed by atoms with van der Waals surface area (Å²) < 4.78 is 7.06. The molecule has 4 heteroatoms. The quantitative estimate of drug-likeness (QED) is 0.568. The van der Waals surface area contributed by atoms with Gasteiger partial charge in [0.15, 0.2) is 0 Å². The molecule has 4 nitrogen and oxygen atoms in total. The molecule has 0 atom stereocenters. The Labute approximate surface area is 120 Å². The van der Waals surface area contributed by atoms with Crippen LogP contribution in [0.1, 0.15) is 17.3 Å². The number of nitrogens with one attached hydrogen (secondary N) is 1. The fraction of sp³-hybridized carbons (Fsp3) is 0.118. The van der Waals surface area contributed by atoms with Crippen LogP contribution in [0.15, 0.2) is 48.8 Å². The Bertz CT molecular complexity index is 978. The lowest BCUT2D eigenvalue weighted by Gasteiger charge is -2.01. The van der Waals surface area contributed by atoms with Crippen molar-refractivity contribution in [3.8, 4) is 0 Å². The number of aromatic amines is 1. The molecule has 104 valence electrons. The molecule has 0 saturated heterocycles. The molecule has 1 N–H and O–H groups in total. The summed E-state index contributed by atoms with van der Waals surface area (Å²) in [7, 11) is 0. The number of carbonyl (C=O) groups excluding carboxylic acids is 1. The number of benzene rings is 1. The van der Waals surface area contributed by atoms with Crippen molar-refractivity contribution in [2.45, 2.75) is 6.92 Å². The normalized spacial score (nSPS) is 11.5. The van der Waals surface area contributed by atoms with Gasteiger partial charge in [0.25, 0.3) is 0 Å². The Balaban J connectivity index is 2.04. The number of hydrogen-bond donors (Lipinski definition) is 1. The van der Waals surface area contributed by atoms with E-state index in [1.54, 1.807) is 6.07 Å². The number of rotatable bonds is 2. The second-order valence-electron chi connectivity index (χ2n) is 5.01. The topological polar surface area (TPSA) is 46.5 Å². The van der Waals surface area contributed by atoms with Crippen LogP contribution >= 0.6 is 0 Å². The molecule has 4 aromatic rings. The average Bonchev–Trinajstić information content (AvgIpc) is 3.05. The molecule has 0 amide bonds. The molecule has 0 aliphatic rings. The van der Waals surface area contributed by atoms with E-state index < -0.39 is 0 Å². The molecule has 0 unspecified atom stereocenters. The largest absolute Gasteiger partial charge is 0.462 e. The Morgan fingerprint density at radius 3 is 2.90 bits per heavy atom. The van der Waals surface area contributed by atoms with Crippen LogP contribution in [-0.2, 0) is 4.74 Å². The first-order valence-corrected chi connectivity index (χ1v) is 6.96. The zero-order chi connectivity index (χ0) is 14.4. The predicted octanol–water partition coefficient (Wildman–Crippen LogP) is 3.75. The summed E-state index contributed by atoms with van der Waals surface area (Å²) in [6.07, 6.45) is 3.89. The van der Waals surface area contributed by atoms with E-state index in [1.165, 1.54) is 0 Å². The fourth-order valence-electron chi connectivity index (χ4n) is 2.82. The predicted molar refractivity (Wildman–Crippen MR) is 82.7 cm³/mol. The van der Waals surface area contributed by atoms with Gasteiger partial charge in [-0.3, -0.25) is 0 Å².